The second kappa shape index (κ2) is 8.20. The lowest BCUT2D eigenvalue weighted by Crippen LogP contribution is -2.25. The summed E-state index contributed by atoms with van der Waals surface area (Å²) in [4.78, 5) is 0.958. The van der Waals surface area contributed by atoms with E-state index in [9.17, 15) is 4.39 Å². The Bertz CT molecular complexity index is 556. The highest BCUT2D eigenvalue weighted by molar-refractivity contribution is 7.99. The summed E-state index contributed by atoms with van der Waals surface area (Å²) in [5, 5.41) is 7.88. The van der Waals surface area contributed by atoms with Gasteiger partial charge in [-0.1, -0.05) is 19.9 Å². The van der Waals surface area contributed by atoms with Crippen LogP contribution in [-0.2, 0) is 6.54 Å². The lowest BCUT2D eigenvalue weighted by Gasteiger charge is -2.19. The van der Waals surface area contributed by atoms with Crippen LogP contribution in [0.2, 0.25) is 0 Å². The number of aryl methyl sites for hydroxylation is 1. The van der Waals surface area contributed by atoms with E-state index in [0.717, 1.165) is 30.2 Å². The van der Waals surface area contributed by atoms with Crippen molar-refractivity contribution in [2.75, 3.05) is 12.3 Å². The van der Waals surface area contributed by atoms with Gasteiger partial charge in [0.15, 0.2) is 0 Å². The first kappa shape index (κ1) is 16.0. The molecule has 1 N–H and O–H groups in total. The predicted molar refractivity (Wildman–Crippen MR) is 86.1 cm³/mol. The van der Waals surface area contributed by atoms with Crippen LogP contribution >= 0.6 is 11.8 Å². The van der Waals surface area contributed by atoms with Crippen LogP contribution in [0.3, 0.4) is 0 Å². The summed E-state index contributed by atoms with van der Waals surface area (Å²) in [5.74, 6) is 0.670. The third-order valence-electron chi connectivity index (χ3n) is 3.21. The van der Waals surface area contributed by atoms with Gasteiger partial charge in [0.2, 0.25) is 0 Å². The largest absolute Gasteiger partial charge is 0.308 e. The van der Waals surface area contributed by atoms with Crippen molar-refractivity contribution in [3.05, 3.63) is 48.0 Å². The maximum Gasteiger partial charge on any atom is 0.124 e. The molecule has 2 aromatic rings. The van der Waals surface area contributed by atoms with Crippen LogP contribution in [0.1, 0.15) is 32.0 Å². The maximum atomic E-state index is 13.2. The fraction of sp³-hybridized carbons (Fsp3) is 0.438. The Morgan fingerprint density at radius 3 is 2.90 bits per heavy atom. The van der Waals surface area contributed by atoms with Gasteiger partial charge in [-0.2, -0.15) is 5.10 Å². The summed E-state index contributed by atoms with van der Waals surface area (Å²) in [6, 6.07) is 9.03. The molecule has 1 aromatic heterocycles. The summed E-state index contributed by atoms with van der Waals surface area (Å²) >= 11 is 1.66. The van der Waals surface area contributed by atoms with Crippen molar-refractivity contribution >= 4 is 11.8 Å². The molecule has 3 nitrogen and oxygen atoms in total. The van der Waals surface area contributed by atoms with E-state index >= 15 is 0 Å². The van der Waals surface area contributed by atoms with E-state index in [4.69, 9.17) is 0 Å². The average molecular weight is 307 g/mol. The predicted octanol–water partition coefficient (Wildman–Crippen LogP) is 3.88. The number of nitrogens with one attached hydrogen (secondary N) is 1. The molecule has 0 saturated heterocycles. The minimum atomic E-state index is -0.184. The molecule has 0 aliphatic rings. The number of hydrogen-bond acceptors (Lipinski definition) is 3. The highest BCUT2D eigenvalue weighted by Crippen LogP contribution is 2.25. The van der Waals surface area contributed by atoms with Gasteiger partial charge in [0, 0.05) is 23.4 Å². The van der Waals surface area contributed by atoms with Crippen molar-refractivity contribution in [1.29, 1.82) is 0 Å². The second-order valence-electron chi connectivity index (χ2n) is 4.86. The van der Waals surface area contributed by atoms with Gasteiger partial charge in [-0.3, -0.25) is 4.68 Å². The molecule has 21 heavy (non-hydrogen) atoms. The quantitative estimate of drug-likeness (QED) is 0.751. The number of nitrogens with zero attached hydrogens (tertiary/aromatic N) is 2. The van der Waals surface area contributed by atoms with Gasteiger partial charge in [-0.25, -0.2) is 4.39 Å². The molecule has 1 aromatic carbocycles. The molecule has 114 valence electrons. The molecule has 2 rings (SSSR count). The molecule has 1 atom stereocenters. The van der Waals surface area contributed by atoms with Crippen molar-refractivity contribution in [2.45, 2.75) is 37.8 Å². The van der Waals surface area contributed by atoms with Crippen molar-refractivity contribution in [2.24, 2.45) is 0 Å². The van der Waals surface area contributed by atoms with Crippen molar-refractivity contribution < 1.29 is 4.39 Å². The van der Waals surface area contributed by atoms with Crippen LogP contribution in [0.5, 0.6) is 0 Å². The zero-order valence-corrected chi connectivity index (χ0v) is 13.4. The van der Waals surface area contributed by atoms with E-state index in [1.165, 1.54) is 11.8 Å². The minimum absolute atomic E-state index is 0.184. The Hall–Kier alpha value is -1.33. The standard InChI is InChI=1S/C16H22FN3S/c1-3-10-20-16(8-9-19-20)15(18-4-2)12-21-14-7-5-6-13(17)11-14/h5-9,11,15,18H,3-4,10,12H2,1-2H3. The van der Waals surface area contributed by atoms with Gasteiger partial charge >= 0.3 is 0 Å². The fourth-order valence-electron chi connectivity index (χ4n) is 2.27. The van der Waals surface area contributed by atoms with E-state index in [0.29, 0.717) is 0 Å². The summed E-state index contributed by atoms with van der Waals surface area (Å²) < 4.78 is 15.3. The fourth-order valence-corrected chi connectivity index (χ4v) is 3.29. The van der Waals surface area contributed by atoms with Gasteiger partial charge < -0.3 is 5.32 Å². The van der Waals surface area contributed by atoms with Crippen LogP contribution in [0.25, 0.3) is 0 Å². The highest BCUT2D eigenvalue weighted by Gasteiger charge is 2.15. The third-order valence-corrected chi connectivity index (χ3v) is 4.29. The Labute approximate surface area is 129 Å². The zero-order valence-electron chi connectivity index (χ0n) is 12.6. The van der Waals surface area contributed by atoms with E-state index in [2.05, 4.69) is 35.0 Å². The third kappa shape index (κ3) is 4.58. The molecule has 0 aliphatic carbocycles. The molecule has 0 fully saturated rings. The Balaban J connectivity index is 2.06. The van der Waals surface area contributed by atoms with Crippen molar-refractivity contribution in [1.82, 2.24) is 15.1 Å². The number of rotatable bonds is 8. The molecule has 0 amide bonds. The monoisotopic (exact) mass is 307 g/mol. The molecule has 0 aliphatic heterocycles. The molecule has 0 spiro atoms. The van der Waals surface area contributed by atoms with Crippen molar-refractivity contribution in [3.8, 4) is 0 Å². The summed E-state index contributed by atoms with van der Waals surface area (Å²) in [5.41, 5.74) is 1.20. The van der Waals surface area contributed by atoms with Gasteiger partial charge in [0.05, 0.1) is 11.7 Å². The van der Waals surface area contributed by atoms with Gasteiger partial charge in [0.1, 0.15) is 5.82 Å². The molecule has 0 radical (unpaired) electrons. The maximum absolute atomic E-state index is 13.2. The Morgan fingerprint density at radius 2 is 2.19 bits per heavy atom. The minimum Gasteiger partial charge on any atom is -0.308 e. The molecular formula is C16H22FN3S. The SMILES string of the molecule is CCCn1nccc1C(CSc1cccc(F)c1)NCC. The van der Waals surface area contributed by atoms with E-state index in [1.54, 1.807) is 23.9 Å². The van der Waals surface area contributed by atoms with Gasteiger partial charge in [-0.15, -0.1) is 11.8 Å². The number of hydrogen-bond donors (Lipinski definition) is 1. The van der Waals surface area contributed by atoms with E-state index in [-0.39, 0.29) is 11.9 Å². The van der Waals surface area contributed by atoms with E-state index in [1.807, 2.05) is 12.3 Å². The summed E-state index contributed by atoms with van der Waals surface area (Å²) in [6.07, 6.45) is 2.91. The lowest BCUT2D eigenvalue weighted by atomic mass is 10.2. The number of thioether (sulfide) groups is 1. The van der Waals surface area contributed by atoms with Crippen LogP contribution in [-0.4, -0.2) is 22.1 Å². The van der Waals surface area contributed by atoms with Gasteiger partial charge in [-0.05, 0) is 37.2 Å². The summed E-state index contributed by atoms with van der Waals surface area (Å²) in [6.45, 7) is 6.07. The average Bonchev–Trinajstić information content (AvgIpc) is 2.92. The highest BCUT2D eigenvalue weighted by atomic mass is 32.2. The van der Waals surface area contributed by atoms with E-state index < -0.39 is 0 Å². The normalized spacial score (nSPS) is 12.5. The number of halogens is 1. The van der Waals surface area contributed by atoms with Crippen LogP contribution in [0, 0.1) is 5.82 Å². The van der Waals surface area contributed by atoms with Crippen LogP contribution in [0.15, 0.2) is 41.4 Å². The van der Waals surface area contributed by atoms with Gasteiger partial charge in [0.25, 0.3) is 0 Å². The molecule has 1 unspecified atom stereocenters. The smallest absolute Gasteiger partial charge is 0.124 e. The molecule has 0 bridgehead atoms. The molecule has 1 heterocycles. The molecular weight excluding hydrogens is 285 g/mol. The number of aromatic nitrogens is 2. The first-order chi connectivity index (χ1) is 10.2. The second-order valence-corrected chi connectivity index (χ2v) is 5.95. The summed E-state index contributed by atoms with van der Waals surface area (Å²) in [7, 11) is 0. The van der Waals surface area contributed by atoms with Crippen LogP contribution < -0.4 is 5.32 Å². The topological polar surface area (TPSA) is 29.9 Å². The van der Waals surface area contributed by atoms with Crippen molar-refractivity contribution in [3.63, 3.8) is 0 Å². The first-order valence-corrected chi connectivity index (χ1v) is 8.36. The zero-order chi connectivity index (χ0) is 15.1. The number of benzene rings is 1. The Kier molecular flexibility index (Phi) is 6.26. The first-order valence-electron chi connectivity index (χ1n) is 7.38. The lowest BCUT2D eigenvalue weighted by molar-refractivity contribution is 0.508. The molecule has 0 saturated carbocycles. The molecule has 5 heteroatoms. The Morgan fingerprint density at radius 1 is 1.33 bits per heavy atom. The van der Waals surface area contributed by atoms with Crippen LogP contribution in [0.4, 0.5) is 4.39 Å².